The number of halogens is 1. The average molecular weight is 279 g/mol. The lowest BCUT2D eigenvalue weighted by Crippen LogP contribution is -2.44. The van der Waals surface area contributed by atoms with E-state index in [4.69, 9.17) is 11.6 Å². The molecule has 1 fully saturated rings. The number of rotatable bonds is 3. The molecule has 1 aromatic rings. The molecule has 0 saturated heterocycles. The molecule has 1 N–H and O–H groups in total. The van der Waals surface area contributed by atoms with Crippen LogP contribution < -0.4 is 0 Å². The molecule has 104 valence electrons. The van der Waals surface area contributed by atoms with Gasteiger partial charge in [-0.3, -0.25) is 0 Å². The molecule has 0 heterocycles. The number of aryl methyl sites for hydroxylation is 2. The van der Waals surface area contributed by atoms with Gasteiger partial charge in [-0.05, 0) is 66.5 Å². The van der Waals surface area contributed by atoms with Crippen molar-refractivity contribution in [2.24, 2.45) is 5.92 Å². The molecule has 1 nitrogen and oxygen atoms in total. The van der Waals surface area contributed by atoms with E-state index >= 15 is 0 Å². The Bertz CT molecular complexity index is 462. The van der Waals surface area contributed by atoms with Crippen molar-refractivity contribution in [2.75, 3.05) is 5.88 Å². The van der Waals surface area contributed by atoms with Crippen LogP contribution in [0.5, 0.6) is 0 Å². The van der Waals surface area contributed by atoms with Crippen LogP contribution in [0.3, 0.4) is 0 Å². The number of hydrogen-bond donors (Lipinski definition) is 1. The van der Waals surface area contributed by atoms with Gasteiger partial charge in [-0.25, -0.2) is 0 Å². The number of aliphatic hydroxyl groups excluding tert-OH is 1. The zero-order chi connectivity index (χ0) is 13.5. The van der Waals surface area contributed by atoms with E-state index in [1.807, 2.05) is 0 Å². The minimum absolute atomic E-state index is 0.254. The van der Waals surface area contributed by atoms with E-state index in [9.17, 15) is 5.11 Å². The molecule has 1 aromatic carbocycles. The predicted octanol–water partition coefficient (Wildman–Crippen LogP) is 3.83. The van der Waals surface area contributed by atoms with Crippen LogP contribution in [0.2, 0.25) is 0 Å². The molecule has 0 aliphatic heterocycles. The molecule has 0 aromatic heterocycles. The lowest BCUT2D eigenvalue weighted by Gasteiger charge is -2.47. The van der Waals surface area contributed by atoms with Crippen molar-refractivity contribution in [1.29, 1.82) is 0 Å². The van der Waals surface area contributed by atoms with E-state index in [0.717, 1.165) is 12.8 Å². The molecule has 3 rings (SSSR count). The Morgan fingerprint density at radius 2 is 1.95 bits per heavy atom. The first-order valence-electron chi connectivity index (χ1n) is 7.49. The Morgan fingerprint density at radius 1 is 1.26 bits per heavy atom. The van der Waals surface area contributed by atoms with Gasteiger partial charge >= 0.3 is 0 Å². The molecule has 1 atom stereocenters. The summed E-state index contributed by atoms with van der Waals surface area (Å²) >= 11 is 5.74. The lowest BCUT2D eigenvalue weighted by molar-refractivity contribution is 0.0293. The van der Waals surface area contributed by atoms with Crippen LogP contribution in [0, 0.1) is 5.92 Å². The standard InChI is InChI=1S/C17H23ClO/c1-17(9-14(10-17)16(19)11-18)15-7-6-12-4-2-3-5-13(12)8-15/h6-8,14,16,19H,2-5,9-11H2,1H3. The van der Waals surface area contributed by atoms with Crippen LogP contribution in [-0.4, -0.2) is 17.1 Å². The maximum atomic E-state index is 9.82. The van der Waals surface area contributed by atoms with Crippen LogP contribution in [0.25, 0.3) is 0 Å². The maximum Gasteiger partial charge on any atom is 0.0704 e. The van der Waals surface area contributed by atoms with Gasteiger partial charge in [0.25, 0.3) is 0 Å². The normalized spacial score (nSPS) is 31.4. The predicted molar refractivity (Wildman–Crippen MR) is 79.9 cm³/mol. The third-order valence-electron chi connectivity index (χ3n) is 5.17. The Kier molecular flexibility index (Phi) is 3.61. The summed E-state index contributed by atoms with van der Waals surface area (Å²) in [5.41, 5.74) is 4.83. The highest BCUT2D eigenvalue weighted by Gasteiger charge is 2.44. The van der Waals surface area contributed by atoms with Gasteiger partial charge in [0.05, 0.1) is 6.10 Å². The van der Waals surface area contributed by atoms with Crippen LogP contribution in [-0.2, 0) is 18.3 Å². The molecule has 0 amide bonds. The summed E-state index contributed by atoms with van der Waals surface area (Å²) in [7, 11) is 0. The molecule has 0 spiro atoms. The Morgan fingerprint density at radius 3 is 2.63 bits per heavy atom. The molecule has 2 aliphatic carbocycles. The monoisotopic (exact) mass is 278 g/mol. The molecule has 1 saturated carbocycles. The average Bonchev–Trinajstić information content (AvgIpc) is 2.42. The minimum Gasteiger partial charge on any atom is -0.392 e. The largest absolute Gasteiger partial charge is 0.392 e. The van der Waals surface area contributed by atoms with Gasteiger partial charge in [0.1, 0.15) is 0 Å². The SMILES string of the molecule is CC1(c2ccc3c(c2)CCCC3)CC(C(O)CCl)C1. The van der Waals surface area contributed by atoms with Gasteiger partial charge in [-0.15, -0.1) is 11.6 Å². The zero-order valence-corrected chi connectivity index (χ0v) is 12.4. The summed E-state index contributed by atoms with van der Waals surface area (Å²) in [6.45, 7) is 2.33. The van der Waals surface area contributed by atoms with Crippen molar-refractivity contribution in [2.45, 2.75) is 57.0 Å². The number of alkyl halides is 1. The van der Waals surface area contributed by atoms with E-state index in [1.165, 1.54) is 31.2 Å². The van der Waals surface area contributed by atoms with Gasteiger partial charge in [0.15, 0.2) is 0 Å². The highest BCUT2D eigenvalue weighted by molar-refractivity contribution is 6.18. The topological polar surface area (TPSA) is 20.2 Å². The summed E-state index contributed by atoms with van der Waals surface area (Å²) in [5, 5.41) is 9.82. The quantitative estimate of drug-likeness (QED) is 0.833. The van der Waals surface area contributed by atoms with Crippen LogP contribution >= 0.6 is 11.6 Å². The maximum absolute atomic E-state index is 9.82. The van der Waals surface area contributed by atoms with Crippen molar-refractivity contribution in [3.63, 3.8) is 0 Å². The Hall–Kier alpha value is -0.530. The number of aliphatic hydroxyl groups is 1. The molecule has 1 unspecified atom stereocenters. The van der Waals surface area contributed by atoms with Crippen LogP contribution in [0.4, 0.5) is 0 Å². The van der Waals surface area contributed by atoms with Crippen molar-refractivity contribution < 1.29 is 5.11 Å². The third-order valence-corrected chi connectivity index (χ3v) is 5.49. The molecule has 0 bridgehead atoms. The molecule has 2 heteroatoms. The molecular weight excluding hydrogens is 256 g/mol. The molecule has 2 aliphatic rings. The minimum atomic E-state index is -0.327. The van der Waals surface area contributed by atoms with Crippen LogP contribution in [0.15, 0.2) is 18.2 Å². The highest BCUT2D eigenvalue weighted by atomic mass is 35.5. The second-order valence-corrected chi connectivity index (χ2v) is 6.95. The van der Waals surface area contributed by atoms with Crippen molar-refractivity contribution in [3.8, 4) is 0 Å². The first-order chi connectivity index (χ1) is 9.12. The lowest BCUT2D eigenvalue weighted by atomic mass is 9.58. The molecular formula is C17H23ClO. The summed E-state index contributed by atoms with van der Waals surface area (Å²) in [5.74, 6) is 0.754. The summed E-state index contributed by atoms with van der Waals surface area (Å²) < 4.78 is 0. The summed E-state index contributed by atoms with van der Waals surface area (Å²) in [6, 6.07) is 7.08. The molecule has 19 heavy (non-hydrogen) atoms. The smallest absolute Gasteiger partial charge is 0.0704 e. The van der Waals surface area contributed by atoms with Gasteiger partial charge in [-0.1, -0.05) is 25.1 Å². The fourth-order valence-corrected chi connectivity index (χ4v) is 4.09. The van der Waals surface area contributed by atoms with E-state index < -0.39 is 0 Å². The van der Waals surface area contributed by atoms with Gasteiger partial charge in [0.2, 0.25) is 0 Å². The van der Waals surface area contributed by atoms with Gasteiger partial charge in [-0.2, -0.15) is 0 Å². The Balaban J connectivity index is 1.76. The molecule has 0 radical (unpaired) electrons. The fourth-order valence-electron chi connectivity index (χ4n) is 3.84. The van der Waals surface area contributed by atoms with Crippen LogP contribution in [0.1, 0.15) is 49.3 Å². The Labute approximate surface area is 121 Å². The van der Waals surface area contributed by atoms with Gasteiger partial charge < -0.3 is 5.11 Å². The van der Waals surface area contributed by atoms with E-state index in [-0.39, 0.29) is 11.5 Å². The van der Waals surface area contributed by atoms with Crippen molar-refractivity contribution >= 4 is 11.6 Å². The number of fused-ring (bicyclic) bond motifs is 1. The first kappa shape index (κ1) is 13.5. The third kappa shape index (κ3) is 2.43. The highest BCUT2D eigenvalue weighted by Crippen LogP contribution is 2.49. The van der Waals surface area contributed by atoms with Gasteiger partial charge in [0, 0.05) is 5.88 Å². The summed E-state index contributed by atoms with van der Waals surface area (Å²) in [4.78, 5) is 0. The van der Waals surface area contributed by atoms with E-state index in [0.29, 0.717) is 11.8 Å². The number of benzene rings is 1. The second-order valence-electron chi connectivity index (χ2n) is 6.64. The van der Waals surface area contributed by atoms with E-state index in [2.05, 4.69) is 25.1 Å². The first-order valence-corrected chi connectivity index (χ1v) is 8.02. The summed E-state index contributed by atoms with van der Waals surface area (Å²) in [6.07, 6.45) is 6.98. The zero-order valence-electron chi connectivity index (χ0n) is 11.7. The van der Waals surface area contributed by atoms with E-state index in [1.54, 1.807) is 11.1 Å². The number of hydrogen-bond acceptors (Lipinski definition) is 1. The fraction of sp³-hybridized carbons (Fsp3) is 0.647. The second kappa shape index (κ2) is 5.10. The van der Waals surface area contributed by atoms with Crippen molar-refractivity contribution in [1.82, 2.24) is 0 Å². The van der Waals surface area contributed by atoms with Crippen molar-refractivity contribution in [3.05, 3.63) is 34.9 Å².